The second-order valence-corrected chi connectivity index (χ2v) is 28.5. The zero-order valence-corrected chi connectivity index (χ0v) is 57.9. The van der Waals surface area contributed by atoms with Crippen LogP contribution in [0, 0.1) is 5.92 Å². The van der Waals surface area contributed by atoms with E-state index in [0.29, 0.717) is 46.5 Å². The van der Waals surface area contributed by atoms with Gasteiger partial charge in [-0.05, 0) is 84.0 Å². The van der Waals surface area contributed by atoms with Crippen LogP contribution in [0.25, 0.3) is 0 Å². The predicted molar refractivity (Wildman–Crippen MR) is 356 cm³/mol. The lowest BCUT2D eigenvalue weighted by Gasteiger charge is -2.29. The Hall–Kier alpha value is -8.18. The molecule has 0 spiro atoms. The Labute approximate surface area is 578 Å². The highest BCUT2D eigenvalue weighted by atomic mass is 33.1. The lowest BCUT2D eigenvalue weighted by Crippen LogP contribution is -2.62. The summed E-state index contributed by atoms with van der Waals surface area (Å²) in [7, 11) is 2.96. The number of fused-ring (bicyclic) bond motifs is 37. The molecule has 1 aromatic carbocycles. The standard InChI is InChI=1S/C58H87N15O21S4/c1-8-25(2)43-56(91)69-36-21-97-98-24-39(58(93)94)65-40(77)19-61-55(90)44(29(6)74)73-54(89)38(68-48(83)27(4)62-46(81)26(3)63-51(86)35(18-31-11-13-32(76)14-12-31)67-47(82)28(5)64-52(36)87)23-96-95-22-37(53(88)66-34(50(85)72-43)15-16-42(79)80)70-57(92)45(30(7)75)71-41(78)20-60-49(84)33-10-9-17-59-33/h11-14,25-30,33-39,43-45,59,74-76H,8-10,15-24H2,1-7H3,(H,60,84)(H,61,90)(H,62,81)(H,63,86)(H,64,87)(H,65,77)(H,66,88)(H,67,82)(H,68,83)(H,69,91)(H,70,92)(H,71,78)(H,72,85)(H,73,89)(H,79,80)(H,93,94)/t25-,26+,27-,28-,29+,30-,33+,34-,35+,36-,37-,38-,39+,43-,44?,45-/m0/s1. The lowest BCUT2D eigenvalue weighted by atomic mass is 9.97. The summed E-state index contributed by atoms with van der Waals surface area (Å²) in [5, 5.41) is 88.1. The number of amides is 14. The van der Waals surface area contributed by atoms with Crippen molar-refractivity contribution in [3.05, 3.63) is 29.8 Å². The van der Waals surface area contributed by atoms with E-state index >= 15 is 0 Å². The lowest BCUT2D eigenvalue weighted by molar-refractivity contribution is -0.141. The predicted octanol–water partition coefficient (Wildman–Crippen LogP) is -6.66. The summed E-state index contributed by atoms with van der Waals surface area (Å²) < 4.78 is 0. The first-order valence-electron chi connectivity index (χ1n) is 31.2. The van der Waals surface area contributed by atoms with E-state index in [9.17, 15) is 102 Å². The van der Waals surface area contributed by atoms with Crippen LogP contribution in [0.15, 0.2) is 24.3 Å². The molecule has 0 aromatic heterocycles. The Bertz CT molecular complexity index is 3060. The van der Waals surface area contributed by atoms with E-state index in [1.165, 1.54) is 52.0 Å². The Morgan fingerprint density at radius 2 is 1.12 bits per heavy atom. The first-order chi connectivity index (χ1) is 46.2. The molecule has 4 aliphatic heterocycles. The van der Waals surface area contributed by atoms with Gasteiger partial charge in [-0.3, -0.25) is 71.9 Å². The van der Waals surface area contributed by atoms with Crippen LogP contribution in [0.3, 0.4) is 0 Å². The van der Waals surface area contributed by atoms with Gasteiger partial charge in [-0.15, -0.1) is 0 Å². The molecule has 2 bridgehead atoms. The number of carboxylic acids is 2. The van der Waals surface area contributed by atoms with Crippen molar-refractivity contribution in [2.45, 2.75) is 178 Å². The van der Waals surface area contributed by atoms with E-state index in [4.69, 9.17) is 0 Å². The molecule has 14 amide bonds. The quantitative estimate of drug-likeness (QED) is 0.0540. The van der Waals surface area contributed by atoms with Crippen molar-refractivity contribution in [3.8, 4) is 5.75 Å². The van der Waals surface area contributed by atoms with Gasteiger partial charge in [-0.1, -0.05) is 75.6 Å². The average molecular weight is 1460 g/mol. The minimum atomic E-state index is -1.91. The van der Waals surface area contributed by atoms with Crippen molar-refractivity contribution in [2.24, 2.45) is 5.92 Å². The molecular formula is C58H87N15O21S4. The largest absolute Gasteiger partial charge is 0.508 e. The van der Waals surface area contributed by atoms with E-state index < -0.39 is 240 Å². The van der Waals surface area contributed by atoms with Crippen LogP contribution in [-0.4, -0.2) is 254 Å². The summed E-state index contributed by atoms with van der Waals surface area (Å²) in [6, 6.07) is -15.5. The molecule has 1 aromatic rings. The van der Waals surface area contributed by atoms with Gasteiger partial charge < -0.3 is 105 Å². The Morgan fingerprint density at radius 3 is 1.69 bits per heavy atom. The molecule has 544 valence electrons. The maximum absolute atomic E-state index is 14.7. The Morgan fingerprint density at radius 1 is 0.592 bits per heavy atom. The van der Waals surface area contributed by atoms with Crippen molar-refractivity contribution >= 4 is 138 Å². The number of carboxylic acid groups (broad SMARTS) is 2. The number of aliphatic hydroxyl groups is 2. The molecule has 4 saturated heterocycles. The first-order valence-corrected chi connectivity index (χ1v) is 36.2. The first kappa shape index (κ1) is 82.2. The van der Waals surface area contributed by atoms with Gasteiger partial charge in [-0.25, -0.2) is 4.79 Å². The highest BCUT2D eigenvalue weighted by Crippen LogP contribution is 2.26. The topological polar surface area (TPSA) is 555 Å². The number of aliphatic hydroxyl groups excluding tert-OH is 2. The van der Waals surface area contributed by atoms with Gasteiger partial charge in [0.15, 0.2) is 0 Å². The van der Waals surface area contributed by atoms with Crippen LogP contribution in [0.4, 0.5) is 0 Å². The average Bonchev–Trinajstić information content (AvgIpc) is 0.958. The molecule has 20 N–H and O–H groups in total. The maximum atomic E-state index is 14.7. The molecule has 98 heavy (non-hydrogen) atoms. The molecule has 1 unspecified atom stereocenters. The van der Waals surface area contributed by atoms with E-state index in [-0.39, 0.29) is 18.6 Å². The second-order valence-electron chi connectivity index (χ2n) is 23.4. The summed E-state index contributed by atoms with van der Waals surface area (Å²) >= 11 is 0. The molecule has 40 heteroatoms. The van der Waals surface area contributed by atoms with Crippen molar-refractivity contribution in [1.82, 2.24) is 79.8 Å². The van der Waals surface area contributed by atoms with Gasteiger partial charge in [0.1, 0.15) is 78.3 Å². The SMILES string of the molecule is CC[C@H](C)[C@@H]1NC(=O)[C@H](CCC(=O)O)NC(=O)[C@@H](NC(=O)[C@@H](NC(=O)CNC(=O)[C@H]2CCCN2)[C@H](C)O)CSSC[C@@H]2NC(=O)[C@H](C)NC(=O)[C@@H](C)NC(=O)[C@@H](Cc3ccc(O)cc3)NC(=O)[C@H](C)NC(=O)[C@H](CSSC[C@H](C(=O)O)NC(=O)CNC(=O)C([C@@H](C)O)NC2=O)NC1=O. The van der Waals surface area contributed by atoms with Crippen molar-refractivity contribution in [2.75, 3.05) is 42.6 Å². The molecule has 0 aliphatic carbocycles. The highest BCUT2D eigenvalue weighted by Gasteiger charge is 2.39. The van der Waals surface area contributed by atoms with Gasteiger partial charge in [0, 0.05) is 35.9 Å². The van der Waals surface area contributed by atoms with E-state index in [1.807, 2.05) is 0 Å². The van der Waals surface area contributed by atoms with E-state index in [1.54, 1.807) is 6.92 Å². The molecule has 16 atom stereocenters. The number of nitrogens with one attached hydrogen (secondary N) is 15. The van der Waals surface area contributed by atoms with Crippen molar-refractivity contribution < 1.29 is 102 Å². The van der Waals surface area contributed by atoms with Gasteiger partial charge in [0.25, 0.3) is 0 Å². The van der Waals surface area contributed by atoms with Crippen molar-refractivity contribution in [3.63, 3.8) is 0 Å². The maximum Gasteiger partial charge on any atom is 0.327 e. The monoisotopic (exact) mass is 1460 g/mol. The molecule has 36 nitrogen and oxygen atoms in total. The minimum Gasteiger partial charge on any atom is -0.508 e. The summed E-state index contributed by atoms with van der Waals surface area (Å²) in [5.74, 6) is -20.8. The summed E-state index contributed by atoms with van der Waals surface area (Å²) in [6.07, 6.45) is -3.87. The molecule has 0 radical (unpaired) electrons. The molecular weight excluding hydrogens is 1370 g/mol. The highest BCUT2D eigenvalue weighted by molar-refractivity contribution is 8.77. The molecule has 5 rings (SSSR count). The zero-order valence-electron chi connectivity index (χ0n) is 54.6. The summed E-state index contributed by atoms with van der Waals surface area (Å²) in [5.41, 5.74) is 0.383. The van der Waals surface area contributed by atoms with Crippen LogP contribution in [0.1, 0.15) is 86.1 Å². The number of rotatable bonds is 16. The van der Waals surface area contributed by atoms with Gasteiger partial charge in [0.2, 0.25) is 82.7 Å². The number of carbonyl (C=O) groups is 16. The van der Waals surface area contributed by atoms with Crippen LogP contribution >= 0.6 is 43.2 Å². The third kappa shape index (κ3) is 27.3. The van der Waals surface area contributed by atoms with Crippen LogP contribution in [-0.2, 0) is 83.1 Å². The van der Waals surface area contributed by atoms with E-state index in [2.05, 4.69) is 79.8 Å². The fourth-order valence-corrected chi connectivity index (χ4v) is 14.0. The number of hydrogen-bond donors (Lipinski definition) is 20. The number of carbonyl (C=O) groups excluding carboxylic acids is 14. The third-order valence-corrected chi connectivity index (χ3v) is 20.2. The van der Waals surface area contributed by atoms with Crippen LogP contribution in [0.2, 0.25) is 0 Å². The summed E-state index contributed by atoms with van der Waals surface area (Å²) in [4.78, 5) is 220. The number of phenols is 1. The van der Waals surface area contributed by atoms with Gasteiger partial charge in [-0.2, -0.15) is 0 Å². The number of aliphatic carboxylic acids is 2. The van der Waals surface area contributed by atoms with Crippen LogP contribution in [0.5, 0.6) is 5.75 Å². The zero-order chi connectivity index (χ0) is 73.1. The number of aromatic hydroxyl groups is 1. The fraction of sp³-hybridized carbons (Fsp3) is 0.621. The Balaban J connectivity index is 1.92. The number of hydrogen-bond acceptors (Lipinski definition) is 24. The molecule has 0 saturated carbocycles. The molecule has 4 heterocycles. The normalized spacial score (nSPS) is 27.6. The minimum absolute atomic E-state index is 0.137. The van der Waals surface area contributed by atoms with Crippen LogP contribution < -0.4 is 79.8 Å². The smallest absolute Gasteiger partial charge is 0.327 e. The van der Waals surface area contributed by atoms with Gasteiger partial charge in [0.05, 0.1) is 31.3 Å². The second kappa shape index (κ2) is 40.6. The fourth-order valence-electron chi connectivity index (χ4n) is 9.32. The van der Waals surface area contributed by atoms with E-state index in [0.717, 1.165) is 35.4 Å². The summed E-state index contributed by atoms with van der Waals surface area (Å²) in [6.45, 7) is 7.91. The number of phenolic OH excluding ortho intramolecular Hbond substituents is 1. The molecule has 4 aliphatic rings. The Kier molecular flexibility index (Phi) is 34.1. The number of benzene rings is 1. The van der Waals surface area contributed by atoms with Crippen molar-refractivity contribution in [1.29, 1.82) is 0 Å². The third-order valence-electron chi connectivity index (χ3n) is 15.3. The van der Waals surface area contributed by atoms with Gasteiger partial charge >= 0.3 is 11.9 Å². The molecule has 4 fully saturated rings.